The van der Waals surface area contributed by atoms with Crippen molar-refractivity contribution in [3.8, 4) is 5.75 Å². The molecule has 0 aliphatic carbocycles. The molecule has 0 bridgehead atoms. The normalized spacial score (nSPS) is 12.7. The number of nitrogens with zero attached hydrogens (tertiary/aromatic N) is 1. The van der Waals surface area contributed by atoms with Crippen LogP contribution in [0.15, 0.2) is 24.3 Å². The maximum absolute atomic E-state index is 5.64. The summed E-state index contributed by atoms with van der Waals surface area (Å²) in [6, 6.07) is 8.73. The molecule has 1 rings (SSSR count). The molecular formula is C16H28N2O. The second kappa shape index (κ2) is 8.94. The average molecular weight is 264 g/mol. The summed E-state index contributed by atoms with van der Waals surface area (Å²) in [5, 5.41) is 3.58. The van der Waals surface area contributed by atoms with Gasteiger partial charge in [0.05, 0.1) is 6.61 Å². The molecule has 0 fully saturated rings. The van der Waals surface area contributed by atoms with Crippen LogP contribution in [0.1, 0.15) is 33.3 Å². The lowest BCUT2D eigenvalue weighted by atomic mass is 10.2. The largest absolute Gasteiger partial charge is 0.494 e. The molecule has 19 heavy (non-hydrogen) atoms. The molecule has 1 aromatic rings. The van der Waals surface area contributed by atoms with E-state index in [1.54, 1.807) is 0 Å². The van der Waals surface area contributed by atoms with Crippen molar-refractivity contribution in [2.75, 3.05) is 26.2 Å². The Hall–Kier alpha value is -1.06. The van der Waals surface area contributed by atoms with Crippen LogP contribution in [0.5, 0.6) is 5.75 Å². The van der Waals surface area contributed by atoms with E-state index in [-0.39, 0.29) is 0 Å². The zero-order valence-corrected chi connectivity index (χ0v) is 12.8. The minimum Gasteiger partial charge on any atom is -0.494 e. The Bertz CT molecular complexity index is 350. The number of benzene rings is 1. The predicted octanol–water partition coefficient (Wildman–Crippen LogP) is 2.91. The van der Waals surface area contributed by atoms with Gasteiger partial charge in [-0.1, -0.05) is 32.0 Å². The van der Waals surface area contributed by atoms with Gasteiger partial charge in [0.2, 0.25) is 0 Å². The monoisotopic (exact) mass is 264 g/mol. The van der Waals surface area contributed by atoms with Crippen LogP contribution in [0.2, 0.25) is 0 Å². The summed E-state index contributed by atoms with van der Waals surface area (Å²) in [7, 11) is 0. The molecule has 0 radical (unpaired) electrons. The third kappa shape index (κ3) is 5.62. The standard InChI is InChI=1S/C16H28N2O/c1-5-18(6-2)13-14(4)17-12-15-10-8-9-11-16(15)19-7-3/h8-11,14,17H,5-7,12-13H2,1-4H3. The molecule has 3 heteroatoms. The Labute approximate surface area is 118 Å². The number of rotatable bonds is 9. The van der Waals surface area contributed by atoms with Gasteiger partial charge in [-0.3, -0.25) is 0 Å². The molecule has 108 valence electrons. The number of nitrogens with one attached hydrogen (secondary N) is 1. The Morgan fingerprint density at radius 3 is 2.47 bits per heavy atom. The summed E-state index contributed by atoms with van der Waals surface area (Å²) in [5.41, 5.74) is 1.23. The van der Waals surface area contributed by atoms with Crippen molar-refractivity contribution < 1.29 is 4.74 Å². The summed E-state index contributed by atoms with van der Waals surface area (Å²) in [6.45, 7) is 13.6. The lowest BCUT2D eigenvalue weighted by molar-refractivity contribution is 0.269. The van der Waals surface area contributed by atoms with Gasteiger partial charge in [-0.25, -0.2) is 0 Å². The fraction of sp³-hybridized carbons (Fsp3) is 0.625. The van der Waals surface area contributed by atoms with E-state index in [1.165, 1.54) is 5.56 Å². The molecule has 0 heterocycles. The van der Waals surface area contributed by atoms with Crippen molar-refractivity contribution >= 4 is 0 Å². The first-order chi connectivity index (χ1) is 9.21. The maximum atomic E-state index is 5.64. The molecule has 0 aliphatic rings. The topological polar surface area (TPSA) is 24.5 Å². The maximum Gasteiger partial charge on any atom is 0.123 e. The molecule has 0 spiro atoms. The van der Waals surface area contributed by atoms with E-state index in [0.717, 1.165) is 31.9 Å². The summed E-state index contributed by atoms with van der Waals surface area (Å²) < 4.78 is 5.64. The highest BCUT2D eigenvalue weighted by Gasteiger charge is 2.08. The number of hydrogen-bond donors (Lipinski definition) is 1. The van der Waals surface area contributed by atoms with Crippen LogP contribution in [0.25, 0.3) is 0 Å². The van der Waals surface area contributed by atoms with E-state index in [2.05, 4.69) is 43.1 Å². The van der Waals surface area contributed by atoms with Crippen LogP contribution in [-0.2, 0) is 6.54 Å². The van der Waals surface area contributed by atoms with Gasteiger partial charge in [-0.2, -0.15) is 0 Å². The van der Waals surface area contributed by atoms with Gasteiger partial charge in [0.1, 0.15) is 5.75 Å². The van der Waals surface area contributed by atoms with Gasteiger partial charge in [0.25, 0.3) is 0 Å². The van der Waals surface area contributed by atoms with Crippen LogP contribution >= 0.6 is 0 Å². The number of likely N-dealkylation sites (N-methyl/N-ethyl adjacent to an activating group) is 1. The molecule has 1 N–H and O–H groups in total. The van der Waals surface area contributed by atoms with E-state index in [1.807, 2.05) is 19.1 Å². The van der Waals surface area contributed by atoms with Crippen molar-refractivity contribution in [1.82, 2.24) is 10.2 Å². The van der Waals surface area contributed by atoms with Crippen LogP contribution in [0, 0.1) is 0 Å². The molecule has 0 amide bonds. The number of para-hydroxylation sites is 1. The van der Waals surface area contributed by atoms with Crippen molar-refractivity contribution in [3.05, 3.63) is 29.8 Å². The van der Waals surface area contributed by atoms with E-state index in [4.69, 9.17) is 4.74 Å². The first kappa shape index (κ1) is 16.0. The second-order valence-corrected chi connectivity index (χ2v) is 4.81. The summed E-state index contributed by atoms with van der Waals surface area (Å²) >= 11 is 0. The van der Waals surface area contributed by atoms with Gasteiger partial charge in [-0.15, -0.1) is 0 Å². The summed E-state index contributed by atoms with van der Waals surface area (Å²) in [5.74, 6) is 0.993. The molecule has 0 aromatic heterocycles. The molecule has 3 nitrogen and oxygen atoms in total. The van der Waals surface area contributed by atoms with Crippen LogP contribution in [-0.4, -0.2) is 37.2 Å². The highest BCUT2D eigenvalue weighted by molar-refractivity contribution is 5.33. The van der Waals surface area contributed by atoms with E-state index in [9.17, 15) is 0 Å². The van der Waals surface area contributed by atoms with Crippen molar-refractivity contribution in [2.45, 2.75) is 40.3 Å². The lowest BCUT2D eigenvalue weighted by Crippen LogP contribution is -2.38. The minimum atomic E-state index is 0.481. The van der Waals surface area contributed by atoms with Gasteiger partial charge >= 0.3 is 0 Å². The molecule has 0 saturated carbocycles. The molecule has 1 aromatic carbocycles. The third-order valence-electron chi connectivity index (χ3n) is 3.34. The molecular weight excluding hydrogens is 236 g/mol. The summed E-state index contributed by atoms with van der Waals surface area (Å²) in [4.78, 5) is 2.44. The second-order valence-electron chi connectivity index (χ2n) is 4.81. The van der Waals surface area contributed by atoms with Crippen LogP contribution < -0.4 is 10.1 Å². The number of hydrogen-bond acceptors (Lipinski definition) is 3. The van der Waals surface area contributed by atoms with E-state index in [0.29, 0.717) is 12.6 Å². The smallest absolute Gasteiger partial charge is 0.123 e. The third-order valence-corrected chi connectivity index (χ3v) is 3.34. The van der Waals surface area contributed by atoms with Crippen LogP contribution in [0.4, 0.5) is 0 Å². The van der Waals surface area contributed by atoms with E-state index >= 15 is 0 Å². The molecule has 0 saturated heterocycles. The van der Waals surface area contributed by atoms with Crippen molar-refractivity contribution in [1.29, 1.82) is 0 Å². The van der Waals surface area contributed by atoms with Gasteiger partial charge < -0.3 is 15.0 Å². The first-order valence-electron chi connectivity index (χ1n) is 7.37. The Morgan fingerprint density at radius 1 is 1.16 bits per heavy atom. The summed E-state index contributed by atoms with van der Waals surface area (Å²) in [6.07, 6.45) is 0. The zero-order valence-electron chi connectivity index (χ0n) is 12.8. The highest BCUT2D eigenvalue weighted by atomic mass is 16.5. The minimum absolute atomic E-state index is 0.481. The average Bonchev–Trinajstić information content (AvgIpc) is 2.44. The molecule has 1 atom stereocenters. The Morgan fingerprint density at radius 2 is 1.84 bits per heavy atom. The van der Waals surface area contributed by atoms with Crippen molar-refractivity contribution in [2.24, 2.45) is 0 Å². The zero-order chi connectivity index (χ0) is 14.1. The molecule has 1 unspecified atom stereocenters. The Balaban J connectivity index is 2.47. The van der Waals surface area contributed by atoms with Crippen molar-refractivity contribution in [3.63, 3.8) is 0 Å². The first-order valence-corrected chi connectivity index (χ1v) is 7.37. The Kier molecular flexibility index (Phi) is 7.53. The fourth-order valence-electron chi connectivity index (χ4n) is 2.16. The highest BCUT2D eigenvalue weighted by Crippen LogP contribution is 2.17. The van der Waals surface area contributed by atoms with Gasteiger partial charge in [0.15, 0.2) is 0 Å². The fourth-order valence-corrected chi connectivity index (χ4v) is 2.16. The molecule has 0 aliphatic heterocycles. The van der Waals surface area contributed by atoms with Crippen LogP contribution in [0.3, 0.4) is 0 Å². The lowest BCUT2D eigenvalue weighted by Gasteiger charge is -2.23. The van der Waals surface area contributed by atoms with E-state index < -0.39 is 0 Å². The SMILES string of the molecule is CCOc1ccccc1CNC(C)CN(CC)CC. The quantitative estimate of drug-likeness (QED) is 0.742. The number of ether oxygens (including phenoxy) is 1. The predicted molar refractivity (Wildman–Crippen MR) is 81.7 cm³/mol. The van der Waals surface area contributed by atoms with Gasteiger partial charge in [-0.05, 0) is 33.0 Å². The van der Waals surface area contributed by atoms with Gasteiger partial charge in [0, 0.05) is 24.7 Å².